The molecule has 0 aromatic carbocycles. The molecule has 0 spiro atoms. The Morgan fingerprint density at radius 3 is 2.89 bits per heavy atom. The van der Waals surface area contributed by atoms with Gasteiger partial charge in [0, 0.05) is 6.20 Å². The van der Waals surface area contributed by atoms with Crippen LogP contribution >= 0.6 is 22.6 Å². The zero-order chi connectivity index (χ0) is 6.53. The van der Waals surface area contributed by atoms with E-state index < -0.39 is 0 Å². The molecule has 0 saturated heterocycles. The van der Waals surface area contributed by atoms with Crippen LogP contribution in [0.1, 0.15) is 5.69 Å². The van der Waals surface area contributed by atoms with Crippen molar-refractivity contribution in [3.8, 4) is 0 Å². The van der Waals surface area contributed by atoms with Crippen LogP contribution in [-0.4, -0.2) is 4.98 Å². The van der Waals surface area contributed by atoms with E-state index in [1.165, 1.54) is 0 Å². The minimum Gasteiger partial charge on any atom is -0.257 e. The Balaban J connectivity index is 2.85. The zero-order valence-electron chi connectivity index (χ0n) is 4.79. The van der Waals surface area contributed by atoms with Crippen molar-refractivity contribution >= 4 is 28.7 Å². The summed E-state index contributed by atoms with van der Waals surface area (Å²) in [4.78, 5) is 4.08. The van der Waals surface area contributed by atoms with Crippen LogP contribution in [0.3, 0.4) is 0 Å². The van der Waals surface area contributed by atoms with Gasteiger partial charge in [-0.05, 0) is 22.3 Å². The van der Waals surface area contributed by atoms with Gasteiger partial charge in [0.25, 0.3) is 0 Å². The van der Waals surface area contributed by atoms with Crippen LogP contribution in [0, 0.1) is 0 Å². The SMILES string of the molecule is IC=Cc1ccccn1. The van der Waals surface area contributed by atoms with E-state index in [0.717, 1.165) is 5.69 Å². The molecule has 0 amide bonds. The Labute approximate surface area is 68.0 Å². The van der Waals surface area contributed by atoms with Crippen molar-refractivity contribution < 1.29 is 0 Å². The average Bonchev–Trinajstić information content (AvgIpc) is 1.91. The van der Waals surface area contributed by atoms with Crippen LogP contribution in [0.15, 0.2) is 28.5 Å². The smallest absolute Gasteiger partial charge is 0.0634 e. The Morgan fingerprint density at radius 2 is 2.33 bits per heavy atom. The normalized spacial score (nSPS) is 10.3. The lowest BCUT2D eigenvalue weighted by atomic mass is 10.4. The van der Waals surface area contributed by atoms with E-state index in [0.29, 0.717) is 0 Å². The van der Waals surface area contributed by atoms with Gasteiger partial charge in [0.1, 0.15) is 0 Å². The fourth-order valence-corrected chi connectivity index (χ4v) is 0.908. The summed E-state index contributed by atoms with van der Waals surface area (Å²) >= 11 is 2.17. The van der Waals surface area contributed by atoms with Gasteiger partial charge in [-0.3, -0.25) is 4.98 Å². The lowest BCUT2D eigenvalue weighted by Crippen LogP contribution is -1.73. The summed E-state index contributed by atoms with van der Waals surface area (Å²) < 4.78 is 1.94. The summed E-state index contributed by atoms with van der Waals surface area (Å²) in [6.07, 6.45) is 3.74. The van der Waals surface area contributed by atoms with Crippen molar-refractivity contribution in [2.24, 2.45) is 0 Å². The highest BCUT2D eigenvalue weighted by Crippen LogP contribution is 1.97. The van der Waals surface area contributed by atoms with E-state index in [1.54, 1.807) is 6.20 Å². The minimum atomic E-state index is 1.01. The topological polar surface area (TPSA) is 12.9 Å². The van der Waals surface area contributed by atoms with Crippen LogP contribution < -0.4 is 0 Å². The summed E-state index contributed by atoms with van der Waals surface area (Å²) in [5.74, 6) is 0. The van der Waals surface area contributed by atoms with Crippen molar-refractivity contribution in [1.82, 2.24) is 4.98 Å². The molecule has 0 aliphatic carbocycles. The molecule has 1 aromatic heterocycles. The van der Waals surface area contributed by atoms with Crippen LogP contribution in [0.2, 0.25) is 0 Å². The lowest BCUT2D eigenvalue weighted by Gasteiger charge is -1.85. The molecule has 0 radical (unpaired) electrons. The second kappa shape index (κ2) is 3.61. The molecule has 1 aromatic rings. The maximum Gasteiger partial charge on any atom is 0.0634 e. The maximum atomic E-state index is 4.08. The first kappa shape index (κ1) is 6.74. The monoisotopic (exact) mass is 231 g/mol. The molecule has 0 saturated carbocycles. The van der Waals surface area contributed by atoms with Gasteiger partial charge in [-0.2, -0.15) is 0 Å². The van der Waals surface area contributed by atoms with Gasteiger partial charge in [-0.1, -0.05) is 28.7 Å². The summed E-state index contributed by atoms with van der Waals surface area (Å²) in [6, 6.07) is 5.85. The first-order valence-electron chi connectivity index (χ1n) is 2.61. The number of hydrogen-bond donors (Lipinski definition) is 0. The molecular weight excluding hydrogens is 225 g/mol. The quantitative estimate of drug-likeness (QED) is 0.676. The molecule has 2 heteroatoms. The molecular formula is C7H6IN. The zero-order valence-corrected chi connectivity index (χ0v) is 6.95. The first-order chi connectivity index (χ1) is 4.43. The van der Waals surface area contributed by atoms with Crippen LogP contribution in [0.5, 0.6) is 0 Å². The molecule has 0 fully saturated rings. The molecule has 1 heterocycles. The number of aromatic nitrogens is 1. The standard InChI is InChI=1S/C7H6IN/c8-5-4-7-3-1-2-6-9-7/h1-6H. The number of nitrogens with zero attached hydrogens (tertiary/aromatic N) is 1. The third kappa shape index (κ3) is 2.13. The Morgan fingerprint density at radius 1 is 1.44 bits per heavy atom. The highest BCUT2D eigenvalue weighted by Gasteiger charge is 1.79. The Hall–Kier alpha value is -0.380. The van der Waals surface area contributed by atoms with Crippen LogP contribution in [-0.2, 0) is 0 Å². The van der Waals surface area contributed by atoms with Gasteiger partial charge >= 0.3 is 0 Å². The Bertz CT molecular complexity index is 193. The van der Waals surface area contributed by atoms with Gasteiger partial charge in [0.2, 0.25) is 0 Å². The second-order valence-electron chi connectivity index (χ2n) is 1.55. The molecule has 0 unspecified atom stereocenters. The van der Waals surface area contributed by atoms with Gasteiger partial charge in [0.05, 0.1) is 5.69 Å². The predicted octanol–water partition coefficient (Wildman–Crippen LogP) is 2.49. The van der Waals surface area contributed by atoms with Gasteiger partial charge in [-0.25, -0.2) is 0 Å². The molecule has 0 aliphatic heterocycles. The third-order valence-electron chi connectivity index (χ3n) is 0.922. The van der Waals surface area contributed by atoms with E-state index in [4.69, 9.17) is 0 Å². The summed E-state index contributed by atoms with van der Waals surface area (Å²) in [7, 11) is 0. The molecule has 0 aliphatic rings. The summed E-state index contributed by atoms with van der Waals surface area (Å²) in [5, 5.41) is 0. The van der Waals surface area contributed by atoms with Crippen molar-refractivity contribution in [3.63, 3.8) is 0 Å². The molecule has 0 N–H and O–H groups in total. The highest BCUT2D eigenvalue weighted by molar-refractivity contribution is 14.1. The van der Waals surface area contributed by atoms with E-state index >= 15 is 0 Å². The van der Waals surface area contributed by atoms with Crippen molar-refractivity contribution in [1.29, 1.82) is 0 Å². The highest BCUT2D eigenvalue weighted by atomic mass is 127. The van der Waals surface area contributed by atoms with Gasteiger partial charge in [-0.15, -0.1) is 0 Å². The van der Waals surface area contributed by atoms with Crippen molar-refractivity contribution in [2.45, 2.75) is 0 Å². The first-order valence-corrected chi connectivity index (χ1v) is 3.86. The fraction of sp³-hybridized carbons (Fsp3) is 0. The number of hydrogen-bond acceptors (Lipinski definition) is 1. The van der Waals surface area contributed by atoms with E-state index in [2.05, 4.69) is 27.6 Å². The molecule has 9 heavy (non-hydrogen) atoms. The van der Waals surface area contributed by atoms with Crippen LogP contribution in [0.4, 0.5) is 0 Å². The average molecular weight is 231 g/mol. The predicted molar refractivity (Wildman–Crippen MR) is 47.3 cm³/mol. The summed E-state index contributed by atoms with van der Waals surface area (Å²) in [6.45, 7) is 0. The van der Waals surface area contributed by atoms with Gasteiger partial charge < -0.3 is 0 Å². The maximum absolute atomic E-state index is 4.08. The minimum absolute atomic E-state index is 1.01. The second-order valence-corrected chi connectivity index (χ2v) is 2.27. The largest absolute Gasteiger partial charge is 0.257 e. The molecule has 0 bridgehead atoms. The summed E-state index contributed by atoms with van der Waals surface area (Å²) in [5.41, 5.74) is 1.01. The molecule has 1 nitrogen and oxygen atoms in total. The molecule has 1 rings (SSSR count). The van der Waals surface area contributed by atoms with Crippen molar-refractivity contribution in [2.75, 3.05) is 0 Å². The molecule has 46 valence electrons. The molecule has 0 atom stereocenters. The fourth-order valence-electron chi connectivity index (χ4n) is 0.539. The van der Waals surface area contributed by atoms with E-state index in [9.17, 15) is 0 Å². The van der Waals surface area contributed by atoms with E-state index in [-0.39, 0.29) is 0 Å². The van der Waals surface area contributed by atoms with E-state index in [1.807, 2.05) is 28.4 Å². The van der Waals surface area contributed by atoms with Crippen LogP contribution in [0.25, 0.3) is 6.08 Å². The van der Waals surface area contributed by atoms with Gasteiger partial charge in [0.15, 0.2) is 0 Å². The number of halogens is 1. The number of pyridine rings is 1. The number of rotatable bonds is 1. The van der Waals surface area contributed by atoms with Crippen molar-refractivity contribution in [3.05, 3.63) is 34.2 Å². The lowest BCUT2D eigenvalue weighted by molar-refractivity contribution is 1.30. The Kier molecular flexibility index (Phi) is 2.70. The third-order valence-corrected chi connectivity index (χ3v) is 1.28.